The molecule has 9 aromatic carbocycles. The third-order valence-corrected chi connectivity index (χ3v) is 12.7. The van der Waals surface area contributed by atoms with E-state index < -0.39 is 0 Å². The number of para-hydroxylation sites is 3. The summed E-state index contributed by atoms with van der Waals surface area (Å²) in [6.07, 6.45) is 0. The Labute approximate surface area is 372 Å². The van der Waals surface area contributed by atoms with E-state index in [9.17, 15) is 0 Å². The molecule has 0 amide bonds. The monoisotopic (exact) mass is 818 g/mol. The van der Waals surface area contributed by atoms with Gasteiger partial charge in [0.05, 0.1) is 33.5 Å². The highest BCUT2D eigenvalue weighted by Gasteiger charge is 2.17. The topological polar surface area (TPSA) is 35.6 Å². The van der Waals surface area contributed by atoms with Crippen LogP contribution in [0.5, 0.6) is 0 Å². The van der Waals surface area contributed by atoms with E-state index >= 15 is 0 Å². The standard InChI is InChI=1S/C60H42N4/c1-39-11-9-13-46(35-39)55-38-54(61-60(62-55)47-14-10-12-40(2)36-47)45-27-25-43(26-28-45)41-21-23-42(24-22-41)44-29-31-48(32-30-44)63-58-20-8-5-17-52(58)53-37-49(33-34-59(53)63)64-56-18-6-3-15-50(56)51-16-4-7-19-57(51)64/h3-38H,1-2H3. The molecule has 64 heavy (non-hydrogen) atoms. The summed E-state index contributed by atoms with van der Waals surface area (Å²) in [5.74, 6) is 0.727. The number of aromatic nitrogens is 4. The maximum atomic E-state index is 5.08. The fraction of sp³-hybridized carbons (Fsp3) is 0.0333. The van der Waals surface area contributed by atoms with E-state index in [4.69, 9.17) is 9.97 Å². The average Bonchev–Trinajstić information content (AvgIpc) is 3.87. The van der Waals surface area contributed by atoms with Gasteiger partial charge >= 0.3 is 0 Å². The highest BCUT2D eigenvalue weighted by Crippen LogP contribution is 2.38. The number of rotatable bonds is 7. The van der Waals surface area contributed by atoms with Crippen molar-refractivity contribution in [2.45, 2.75) is 13.8 Å². The van der Waals surface area contributed by atoms with E-state index in [1.165, 1.54) is 71.4 Å². The number of aryl methyl sites for hydroxylation is 2. The maximum absolute atomic E-state index is 5.08. The lowest BCUT2D eigenvalue weighted by molar-refractivity contribution is 1.17. The highest BCUT2D eigenvalue weighted by molar-refractivity contribution is 6.12. The second kappa shape index (κ2) is 15.2. The molecule has 0 radical (unpaired) electrons. The van der Waals surface area contributed by atoms with Crippen LogP contribution >= 0.6 is 0 Å². The largest absolute Gasteiger partial charge is 0.309 e. The molecule has 302 valence electrons. The van der Waals surface area contributed by atoms with Crippen molar-refractivity contribution < 1.29 is 0 Å². The molecule has 0 spiro atoms. The van der Waals surface area contributed by atoms with Crippen LogP contribution in [0.1, 0.15) is 11.1 Å². The van der Waals surface area contributed by atoms with E-state index in [2.05, 4.69) is 241 Å². The average molecular weight is 819 g/mol. The Morgan fingerprint density at radius 2 is 0.688 bits per heavy atom. The minimum absolute atomic E-state index is 0.727. The summed E-state index contributed by atoms with van der Waals surface area (Å²) < 4.78 is 4.79. The first-order chi connectivity index (χ1) is 31.5. The van der Waals surface area contributed by atoms with Crippen LogP contribution in [0.2, 0.25) is 0 Å². The Morgan fingerprint density at radius 3 is 1.23 bits per heavy atom. The van der Waals surface area contributed by atoms with Crippen molar-refractivity contribution in [3.8, 4) is 67.5 Å². The lowest BCUT2D eigenvalue weighted by Gasteiger charge is -2.12. The number of hydrogen-bond donors (Lipinski definition) is 0. The molecular formula is C60H42N4. The second-order valence-corrected chi connectivity index (χ2v) is 16.8. The van der Waals surface area contributed by atoms with Crippen molar-refractivity contribution >= 4 is 43.6 Å². The van der Waals surface area contributed by atoms with Crippen molar-refractivity contribution in [2.24, 2.45) is 0 Å². The van der Waals surface area contributed by atoms with E-state index in [0.717, 1.165) is 50.8 Å². The van der Waals surface area contributed by atoms with Crippen LogP contribution in [-0.2, 0) is 0 Å². The van der Waals surface area contributed by atoms with E-state index in [-0.39, 0.29) is 0 Å². The van der Waals surface area contributed by atoms with Gasteiger partial charge in [-0.1, -0.05) is 163 Å². The molecule has 0 aliphatic rings. The van der Waals surface area contributed by atoms with Crippen molar-refractivity contribution in [1.82, 2.24) is 19.1 Å². The molecule has 0 unspecified atom stereocenters. The molecule has 0 aliphatic carbocycles. The van der Waals surface area contributed by atoms with Crippen molar-refractivity contribution in [3.05, 3.63) is 230 Å². The van der Waals surface area contributed by atoms with Crippen molar-refractivity contribution in [1.29, 1.82) is 0 Å². The Kier molecular flexibility index (Phi) is 8.91. The van der Waals surface area contributed by atoms with Gasteiger partial charge in [-0.25, -0.2) is 9.97 Å². The van der Waals surface area contributed by atoms with Crippen molar-refractivity contribution in [3.63, 3.8) is 0 Å². The predicted octanol–water partition coefficient (Wildman–Crippen LogP) is 15.6. The summed E-state index contributed by atoms with van der Waals surface area (Å²) in [4.78, 5) is 10.1. The summed E-state index contributed by atoms with van der Waals surface area (Å²) in [6, 6.07) is 78.7. The maximum Gasteiger partial charge on any atom is 0.160 e. The molecule has 0 fully saturated rings. The van der Waals surface area contributed by atoms with E-state index in [1.54, 1.807) is 0 Å². The van der Waals surface area contributed by atoms with E-state index in [0.29, 0.717) is 0 Å². The molecule has 0 aliphatic heterocycles. The second-order valence-electron chi connectivity index (χ2n) is 16.8. The third-order valence-electron chi connectivity index (χ3n) is 12.7. The van der Waals surface area contributed by atoms with Gasteiger partial charge in [0.15, 0.2) is 5.82 Å². The Morgan fingerprint density at radius 1 is 0.281 bits per heavy atom. The van der Waals surface area contributed by atoms with Crippen molar-refractivity contribution in [2.75, 3.05) is 0 Å². The van der Waals surface area contributed by atoms with Gasteiger partial charge in [0.2, 0.25) is 0 Å². The molecule has 3 heterocycles. The van der Waals surface area contributed by atoms with Crippen LogP contribution in [0.15, 0.2) is 218 Å². The van der Waals surface area contributed by atoms with Gasteiger partial charge in [0, 0.05) is 49.6 Å². The summed E-state index contributed by atoms with van der Waals surface area (Å²) in [6.45, 7) is 4.22. The fourth-order valence-corrected chi connectivity index (χ4v) is 9.53. The zero-order valence-electron chi connectivity index (χ0n) is 35.6. The van der Waals surface area contributed by atoms with Gasteiger partial charge < -0.3 is 9.13 Å². The molecular weight excluding hydrogens is 777 g/mol. The number of fused-ring (bicyclic) bond motifs is 6. The van der Waals surface area contributed by atoms with Crippen LogP contribution in [0, 0.1) is 13.8 Å². The van der Waals surface area contributed by atoms with Gasteiger partial charge in [0.1, 0.15) is 0 Å². The molecule has 0 saturated heterocycles. The summed E-state index contributed by atoms with van der Waals surface area (Å²) >= 11 is 0. The summed E-state index contributed by atoms with van der Waals surface area (Å²) in [5, 5.41) is 5.01. The smallest absolute Gasteiger partial charge is 0.160 e. The normalized spacial score (nSPS) is 11.6. The lowest BCUT2D eigenvalue weighted by atomic mass is 9.98. The Bertz CT molecular complexity index is 3600. The van der Waals surface area contributed by atoms with Crippen LogP contribution < -0.4 is 0 Å². The van der Waals surface area contributed by atoms with Gasteiger partial charge in [-0.2, -0.15) is 0 Å². The first-order valence-corrected chi connectivity index (χ1v) is 21.9. The van der Waals surface area contributed by atoms with Crippen LogP contribution in [0.3, 0.4) is 0 Å². The zero-order chi connectivity index (χ0) is 42.7. The molecule has 12 aromatic rings. The number of benzene rings is 9. The fourth-order valence-electron chi connectivity index (χ4n) is 9.53. The molecule has 4 heteroatoms. The van der Waals surface area contributed by atoms with Gasteiger partial charge in [0.25, 0.3) is 0 Å². The zero-order valence-corrected chi connectivity index (χ0v) is 35.6. The summed E-state index contributed by atoms with van der Waals surface area (Å²) in [7, 11) is 0. The van der Waals surface area contributed by atoms with Crippen LogP contribution in [0.4, 0.5) is 0 Å². The highest BCUT2D eigenvalue weighted by atomic mass is 15.0. The Balaban J connectivity index is 0.837. The van der Waals surface area contributed by atoms with Crippen LogP contribution in [-0.4, -0.2) is 19.1 Å². The first kappa shape index (κ1) is 37.4. The molecule has 12 rings (SSSR count). The van der Waals surface area contributed by atoms with Gasteiger partial charge in [-0.15, -0.1) is 0 Å². The Hall–Kier alpha value is -8.34. The van der Waals surface area contributed by atoms with Crippen LogP contribution in [0.25, 0.3) is 111 Å². The summed E-state index contributed by atoms with van der Waals surface area (Å²) in [5.41, 5.74) is 19.1. The molecule has 0 saturated carbocycles. The van der Waals surface area contributed by atoms with Gasteiger partial charge in [-0.3, -0.25) is 0 Å². The number of hydrogen-bond acceptors (Lipinski definition) is 2. The molecule has 3 aromatic heterocycles. The third kappa shape index (κ3) is 6.47. The van der Waals surface area contributed by atoms with E-state index in [1.807, 2.05) is 0 Å². The molecule has 4 nitrogen and oxygen atoms in total. The first-order valence-electron chi connectivity index (χ1n) is 21.9. The number of nitrogens with zero attached hydrogens (tertiary/aromatic N) is 4. The SMILES string of the molecule is Cc1cccc(-c2cc(-c3ccc(-c4ccc(-c5ccc(-n6c7ccccc7c7cc(-n8c9ccccc9c9ccccc98)ccc76)cc5)cc4)cc3)nc(-c3cccc(C)c3)n2)c1. The minimum Gasteiger partial charge on any atom is -0.309 e. The quantitative estimate of drug-likeness (QED) is 0.161. The molecule has 0 N–H and O–H groups in total. The lowest BCUT2D eigenvalue weighted by Crippen LogP contribution is -1.96. The minimum atomic E-state index is 0.727. The molecule has 0 bridgehead atoms. The van der Waals surface area contributed by atoms with Gasteiger partial charge in [-0.05, 0) is 103 Å². The molecule has 0 atom stereocenters. The predicted molar refractivity (Wildman–Crippen MR) is 267 cm³/mol.